The molecule has 26 heavy (non-hydrogen) atoms. The highest BCUT2D eigenvalue weighted by Gasteiger charge is 2.38. The average Bonchev–Trinajstić information content (AvgIpc) is 2.70. The molecule has 0 spiro atoms. The van der Waals surface area contributed by atoms with Crippen LogP contribution in [0.3, 0.4) is 0 Å². The van der Waals surface area contributed by atoms with Gasteiger partial charge in [0.1, 0.15) is 0 Å². The van der Waals surface area contributed by atoms with Crippen molar-refractivity contribution < 1.29 is 0 Å². The van der Waals surface area contributed by atoms with Gasteiger partial charge in [0.15, 0.2) is 0 Å². The molecule has 0 amide bonds. The summed E-state index contributed by atoms with van der Waals surface area (Å²) in [6.07, 6.45) is 4.67. The molecule has 0 bridgehead atoms. The van der Waals surface area contributed by atoms with Gasteiger partial charge >= 0.3 is 0 Å². The molecule has 1 saturated carbocycles. The second kappa shape index (κ2) is 6.87. The highest BCUT2D eigenvalue weighted by molar-refractivity contribution is 5.49. The molecule has 4 rings (SSSR count). The van der Waals surface area contributed by atoms with Crippen LogP contribution in [-0.2, 0) is 5.41 Å². The predicted molar refractivity (Wildman–Crippen MR) is 110 cm³/mol. The van der Waals surface area contributed by atoms with Gasteiger partial charge in [-0.15, -0.1) is 0 Å². The van der Waals surface area contributed by atoms with Crippen LogP contribution in [0.4, 0.5) is 11.4 Å². The van der Waals surface area contributed by atoms with Gasteiger partial charge in [-0.2, -0.15) is 0 Å². The van der Waals surface area contributed by atoms with Crippen LogP contribution < -0.4 is 11.5 Å². The summed E-state index contributed by atoms with van der Waals surface area (Å²) >= 11 is 0. The summed E-state index contributed by atoms with van der Waals surface area (Å²) in [7, 11) is 0. The van der Waals surface area contributed by atoms with Gasteiger partial charge in [0.05, 0.1) is 0 Å². The van der Waals surface area contributed by atoms with Crippen molar-refractivity contribution in [1.29, 1.82) is 0 Å². The van der Waals surface area contributed by atoms with Crippen molar-refractivity contribution in [2.75, 3.05) is 11.5 Å². The zero-order chi connectivity index (χ0) is 18.0. The lowest BCUT2D eigenvalue weighted by atomic mass is 9.62. The minimum atomic E-state index is 0.0483. The first-order valence-electron chi connectivity index (χ1n) is 9.44. The predicted octanol–water partition coefficient (Wildman–Crippen LogP) is 5.49. The average molecular weight is 342 g/mol. The standard InChI is InChI=1S/C24H26N2/c25-22-10-6-20(7-11-22)24(21-8-12-23(26)13-9-21)16-14-19(15-17-24)18-4-2-1-3-5-18/h1-13,19H,14-17,25-26H2. The number of hydrogen-bond acceptors (Lipinski definition) is 2. The van der Waals surface area contributed by atoms with Gasteiger partial charge < -0.3 is 11.5 Å². The fourth-order valence-corrected chi connectivity index (χ4v) is 4.52. The van der Waals surface area contributed by atoms with E-state index in [0.717, 1.165) is 24.2 Å². The highest BCUT2D eigenvalue weighted by atomic mass is 14.5. The topological polar surface area (TPSA) is 52.0 Å². The van der Waals surface area contributed by atoms with E-state index in [1.807, 2.05) is 24.3 Å². The van der Waals surface area contributed by atoms with Gasteiger partial charge in [0.25, 0.3) is 0 Å². The van der Waals surface area contributed by atoms with E-state index < -0.39 is 0 Å². The molecule has 3 aromatic rings. The Labute approximate surface area is 155 Å². The normalized spacial score (nSPS) is 17.1. The number of benzene rings is 3. The molecule has 0 aromatic heterocycles. The van der Waals surface area contributed by atoms with Crippen molar-refractivity contribution in [3.8, 4) is 0 Å². The van der Waals surface area contributed by atoms with E-state index in [4.69, 9.17) is 11.5 Å². The van der Waals surface area contributed by atoms with E-state index in [2.05, 4.69) is 54.6 Å². The number of nitrogen functional groups attached to an aromatic ring is 2. The Morgan fingerprint density at radius 3 is 1.54 bits per heavy atom. The molecule has 2 nitrogen and oxygen atoms in total. The Hall–Kier alpha value is -2.74. The lowest BCUT2D eigenvalue weighted by Crippen LogP contribution is -2.32. The Morgan fingerprint density at radius 1 is 0.615 bits per heavy atom. The Kier molecular flexibility index (Phi) is 4.42. The summed E-state index contributed by atoms with van der Waals surface area (Å²) < 4.78 is 0. The van der Waals surface area contributed by atoms with Gasteiger partial charge in [-0.3, -0.25) is 0 Å². The monoisotopic (exact) mass is 342 g/mol. The summed E-state index contributed by atoms with van der Waals surface area (Å²) in [6, 6.07) is 27.8. The lowest BCUT2D eigenvalue weighted by molar-refractivity contribution is 0.315. The van der Waals surface area contributed by atoms with Crippen LogP contribution in [0.2, 0.25) is 0 Å². The maximum Gasteiger partial charge on any atom is 0.0314 e. The Balaban J connectivity index is 1.69. The molecule has 0 atom stereocenters. The van der Waals surface area contributed by atoms with Crippen molar-refractivity contribution in [2.24, 2.45) is 0 Å². The first kappa shape index (κ1) is 16.7. The van der Waals surface area contributed by atoms with E-state index in [1.165, 1.54) is 29.5 Å². The molecule has 0 aliphatic heterocycles. The molecule has 2 heteroatoms. The zero-order valence-corrected chi connectivity index (χ0v) is 15.1. The Bertz CT molecular complexity index is 795. The molecule has 3 aromatic carbocycles. The van der Waals surface area contributed by atoms with E-state index >= 15 is 0 Å². The summed E-state index contributed by atoms with van der Waals surface area (Å²) in [5, 5.41) is 0. The van der Waals surface area contributed by atoms with E-state index in [0.29, 0.717) is 5.92 Å². The second-order valence-corrected chi connectivity index (χ2v) is 7.51. The number of rotatable bonds is 3. The molecule has 1 fully saturated rings. The molecule has 0 saturated heterocycles. The first-order valence-corrected chi connectivity index (χ1v) is 9.44. The fraction of sp³-hybridized carbons (Fsp3) is 0.250. The van der Waals surface area contributed by atoms with E-state index in [9.17, 15) is 0 Å². The van der Waals surface area contributed by atoms with Crippen molar-refractivity contribution in [2.45, 2.75) is 37.0 Å². The van der Waals surface area contributed by atoms with Crippen LogP contribution in [0.1, 0.15) is 48.3 Å². The number of nitrogens with two attached hydrogens (primary N) is 2. The molecule has 0 heterocycles. The quantitative estimate of drug-likeness (QED) is 0.618. The molecular formula is C24H26N2. The molecule has 1 aliphatic carbocycles. The van der Waals surface area contributed by atoms with Gasteiger partial charge in [-0.05, 0) is 72.6 Å². The van der Waals surface area contributed by atoms with E-state index in [1.54, 1.807) is 0 Å². The molecule has 4 N–H and O–H groups in total. The molecule has 0 unspecified atom stereocenters. The van der Waals surface area contributed by atoms with Crippen molar-refractivity contribution in [3.05, 3.63) is 95.6 Å². The lowest BCUT2D eigenvalue weighted by Gasteiger charge is -2.41. The SMILES string of the molecule is Nc1ccc(C2(c3ccc(N)cc3)CCC(c3ccccc3)CC2)cc1. The molecular weight excluding hydrogens is 316 g/mol. The number of anilines is 2. The van der Waals surface area contributed by atoms with Gasteiger partial charge in [-0.1, -0.05) is 54.6 Å². The maximum absolute atomic E-state index is 5.94. The maximum atomic E-state index is 5.94. The van der Waals surface area contributed by atoms with Gasteiger partial charge in [0, 0.05) is 16.8 Å². The largest absolute Gasteiger partial charge is 0.399 e. The summed E-state index contributed by atoms with van der Waals surface area (Å²) in [6.45, 7) is 0. The van der Waals surface area contributed by atoms with Crippen LogP contribution in [0.25, 0.3) is 0 Å². The van der Waals surface area contributed by atoms with Crippen molar-refractivity contribution in [3.63, 3.8) is 0 Å². The summed E-state index contributed by atoms with van der Waals surface area (Å²) in [5.41, 5.74) is 17.8. The van der Waals surface area contributed by atoms with Crippen LogP contribution >= 0.6 is 0 Å². The minimum absolute atomic E-state index is 0.0483. The third-order valence-electron chi connectivity index (χ3n) is 6.04. The number of hydrogen-bond donors (Lipinski definition) is 2. The summed E-state index contributed by atoms with van der Waals surface area (Å²) in [4.78, 5) is 0. The van der Waals surface area contributed by atoms with Crippen LogP contribution in [0.5, 0.6) is 0 Å². The minimum Gasteiger partial charge on any atom is -0.399 e. The smallest absolute Gasteiger partial charge is 0.0314 e. The second-order valence-electron chi connectivity index (χ2n) is 7.51. The fourth-order valence-electron chi connectivity index (χ4n) is 4.52. The molecule has 0 radical (unpaired) electrons. The third kappa shape index (κ3) is 3.08. The third-order valence-corrected chi connectivity index (χ3v) is 6.04. The van der Waals surface area contributed by atoms with Crippen molar-refractivity contribution in [1.82, 2.24) is 0 Å². The summed E-state index contributed by atoms with van der Waals surface area (Å²) in [5.74, 6) is 0.645. The zero-order valence-electron chi connectivity index (χ0n) is 15.1. The first-order chi connectivity index (χ1) is 12.7. The highest BCUT2D eigenvalue weighted by Crippen LogP contribution is 2.49. The van der Waals surface area contributed by atoms with Crippen LogP contribution in [0, 0.1) is 0 Å². The van der Waals surface area contributed by atoms with Gasteiger partial charge in [0.2, 0.25) is 0 Å². The van der Waals surface area contributed by atoms with Gasteiger partial charge in [-0.25, -0.2) is 0 Å². The molecule has 1 aliphatic rings. The van der Waals surface area contributed by atoms with Crippen LogP contribution in [-0.4, -0.2) is 0 Å². The Morgan fingerprint density at radius 2 is 1.08 bits per heavy atom. The van der Waals surface area contributed by atoms with E-state index in [-0.39, 0.29) is 5.41 Å². The van der Waals surface area contributed by atoms with Crippen molar-refractivity contribution >= 4 is 11.4 Å². The molecule has 132 valence electrons. The van der Waals surface area contributed by atoms with Crippen LogP contribution in [0.15, 0.2) is 78.9 Å².